The van der Waals surface area contributed by atoms with Gasteiger partial charge in [0, 0.05) is 21.8 Å². The summed E-state index contributed by atoms with van der Waals surface area (Å²) in [5, 5.41) is 0.978. The van der Waals surface area contributed by atoms with Crippen LogP contribution in [0.5, 0.6) is 0 Å². The molecule has 0 spiro atoms. The predicted octanol–water partition coefficient (Wildman–Crippen LogP) is 2.98. The lowest BCUT2D eigenvalue weighted by molar-refractivity contribution is -0.132. The number of hydrogen-bond acceptors (Lipinski definition) is 4. The lowest BCUT2D eigenvalue weighted by atomic mass is 10.3. The lowest BCUT2D eigenvalue weighted by Gasteiger charge is -2.24. The van der Waals surface area contributed by atoms with Gasteiger partial charge in [0.15, 0.2) is 0 Å². The Labute approximate surface area is 184 Å². The van der Waals surface area contributed by atoms with E-state index in [9.17, 15) is 18.0 Å². The van der Waals surface area contributed by atoms with E-state index < -0.39 is 15.9 Å². The first kappa shape index (κ1) is 21.1. The van der Waals surface area contributed by atoms with Crippen LogP contribution in [0.3, 0.4) is 0 Å². The molecule has 2 aromatic rings. The summed E-state index contributed by atoms with van der Waals surface area (Å²) < 4.78 is 27.4. The van der Waals surface area contributed by atoms with E-state index in [4.69, 9.17) is 23.2 Å². The van der Waals surface area contributed by atoms with Crippen molar-refractivity contribution < 1.29 is 18.0 Å². The van der Waals surface area contributed by atoms with E-state index in [0.29, 0.717) is 28.6 Å². The highest BCUT2D eigenvalue weighted by molar-refractivity contribution is 7.89. The summed E-state index contributed by atoms with van der Waals surface area (Å²) in [6, 6.07) is 12.4. The fraction of sp³-hybridized carbons (Fsp3) is 0.300. The monoisotopic (exact) mass is 467 g/mol. The Morgan fingerprint density at radius 1 is 1.00 bits per heavy atom. The molecule has 4 rings (SSSR count). The molecule has 2 amide bonds. The minimum absolute atomic E-state index is 0.0683. The van der Waals surface area contributed by atoms with Gasteiger partial charge in [-0.05, 0) is 61.4 Å². The molecule has 30 heavy (non-hydrogen) atoms. The van der Waals surface area contributed by atoms with Crippen LogP contribution in [0.15, 0.2) is 53.4 Å². The highest BCUT2D eigenvalue weighted by Crippen LogP contribution is 2.32. The van der Waals surface area contributed by atoms with E-state index in [1.54, 1.807) is 24.3 Å². The lowest BCUT2D eigenvalue weighted by Crippen LogP contribution is -2.43. The second kappa shape index (κ2) is 8.19. The molecule has 0 unspecified atom stereocenters. The molecule has 1 aliphatic carbocycles. The van der Waals surface area contributed by atoms with E-state index in [2.05, 4.69) is 0 Å². The largest absolute Gasteiger partial charge is 0.314 e. The Balaban J connectivity index is 1.49. The van der Waals surface area contributed by atoms with Crippen LogP contribution in [0, 0.1) is 0 Å². The summed E-state index contributed by atoms with van der Waals surface area (Å²) in [4.78, 5) is 28.2. The summed E-state index contributed by atoms with van der Waals surface area (Å²) in [7, 11) is -3.85. The van der Waals surface area contributed by atoms with Crippen LogP contribution >= 0.6 is 23.2 Å². The van der Waals surface area contributed by atoms with Crippen LogP contribution in [-0.2, 0) is 19.6 Å². The molecule has 0 atom stereocenters. The Hall–Kier alpha value is -2.13. The first-order valence-electron chi connectivity index (χ1n) is 9.37. The molecule has 0 radical (unpaired) electrons. The zero-order valence-electron chi connectivity index (χ0n) is 15.9. The van der Waals surface area contributed by atoms with Crippen LogP contribution in [0.4, 0.5) is 5.69 Å². The van der Waals surface area contributed by atoms with Crippen molar-refractivity contribution in [1.29, 1.82) is 0 Å². The maximum atomic E-state index is 13.1. The zero-order valence-corrected chi connectivity index (χ0v) is 18.2. The molecular weight excluding hydrogens is 449 g/mol. The third-order valence-corrected chi connectivity index (χ3v) is 7.51. The minimum atomic E-state index is -3.85. The number of amides is 2. The van der Waals surface area contributed by atoms with E-state index in [1.165, 1.54) is 38.4 Å². The van der Waals surface area contributed by atoms with Crippen molar-refractivity contribution >= 4 is 50.7 Å². The third-order valence-electron chi connectivity index (χ3n) is 5.10. The molecule has 0 aromatic heterocycles. The van der Waals surface area contributed by atoms with Crippen LogP contribution in [0.1, 0.15) is 12.8 Å². The Bertz CT molecular complexity index is 1070. The van der Waals surface area contributed by atoms with Gasteiger partial charge in [0.05, 0.1) is 11.4 Å². The molecule has 0 bridgehead atoms. The third kappa shape index (κ3) is 4.32. The van der Waals surface area contributed by atoms with Crippen molar-refractivity contribution in [2.45, 2.75) is 23.8 Å². The SMILES string of the molecule is O=C(CN(C1CC1)S(=O)(=O)c1ccc(Cl)cc1)N1CC(=O)N(c2ccc(Cl)cc2)C1. The van der Waals surface area contributed by atoms with Gasteiger partial charge < -0.3 is 4.90 Å². The normalized spacial score (nSPS) is 17.1. The van der Waals surface area contributed by atoms with Crippen molar-refractivity contribution in [2.75, 3.05) is 24.7 Å². The maximum Gasteiger partial charge on any atom is 0.248 e. The second-order valence-corrected chi connectivity index (χ2v) is 10.0. The molecule has 0 N–H and O–H groups in total. The molecule has 10 heteroatoms. The molecule has 158 valence electrons. The molecule has 2 aliphatic rings. The molecule has 1 aliphatic heterocycles. The Morgan fingerprint density at radius 2 is 1.57 bits per heavy atom. The van der Waals surface area contributed by atoms with Gasteiger partial charge in [-0.1, -0.05) is 23.2 Å². The van der Waals surface area contributed by atoms with Gasteiger partial charge in [0.1, 0.15) is 13.2 Å². The average Bonchev–Trinajstić information content (AvgIpc) is 3.48. The van der Waals surface area contributed by atoms with Crippen molar-refractivity contribution in [3.8, 4) is 0 Å². The standard InChI is InChI=1S/C20H19Cl2N3O4S/c21-14-1-5-16(6-2-14)24-13-23(11-20(24)27)19(26)12-25(17-7-8-17)30(28,29)18-9-3-15(22)4-10-18/h1-6,9-10,17H,7-8,11-13H2. The summed E-state index contributed by atoms with van der Waals surface area (Å²) >= 11 is 11.8. The van der Waals surface area contributed by atoms with Gasteiger partial charge in [0.25, 0.3) is 0 Å². The van der Waals surface area contributed by atoms with E-state index in [-0.39, 0.29) is 36.6 Å². The summed E-state index contributed by atoms with van der Waals surface area (Å²) in [6.45, 7) is -0.336. The molecule has 1 heterocycles. The van der Waals surface area contributed by atoms with Crippen molar-refractivity contribution in [3.05, 3.63) is 58.6 Å². The van der Waals surface area contributed by atoms with Crippen LogP contribution in [0.2, 0.25) is 10.0 Å². The molecular formula is C20H19Cl2N3O4S. The first-order valence-corrected chi connectivity index (χ1v) is 11.6. The van der Waals surface area contributed by atoms with Gasteiger partial charge in [-0.2, -0.15) is 4.31 Å². The van der Waals surface area contributed by atoms with Gasteiger partial charge >= 0.3 is 0 Å². The van der Waals surface area contributed by atoms with Gasteiger partial charge in [-0.3, -0.25) is 14.5 Å². The number of carbonyl (C=O) groups is 2. The quantitative estimate of drug-likeness (QED) is 0.653. The van der Waals surface area contributed by atoms with E-state index >= 15 is 0 Å². The first-order chi connectivity index (χ1) is 14.3. The van der Waals surface area contributed by atoms with Gasteiger partial charge in [-0.15, -0.1) is 0 Å². The number of sulfonamides is 1. The van der Waals surface area contributed by atoms with E-state index in [1.807, 2.05) is 0 Å². The minimum Gasteiger partial charge on any atom is -0.314 e. The zero-order chi connectivity index (χ0) is 21.5. The number of halogens is 2. The molecule has 1 saturated carbocycles. The second-order valence-electron chi connectivity index (χ2n) is 7.27. The molecule has 1 saturated heterocycles. The van der Waals surface area contributed by atoms with Crippen LogP contribution < -0.4 is 4.90 Å². The van der Waals surface area contributed by atoms with Crippen molar-refractivity contribution in [3.63, 3.8) is 0 Å². The Kier molecular flexibility index (Phi) is 5.76. The molecule has 2 aromatic carbocycles. The smallest absolute Gasteiger partial charge is 0.248 e. The Morgan fingerprint density at radius 3 is 2.13 bits per heavy atom. The highest BCUT2D eigenvalue weighted by atomic mass is 35.5. The highest BCUT2D eigenvalue weighted by Gasteiger charge is 2.41. The van der Waals surface area contributed by atoms with Crippen LogP contribution in [0.25, 0.3) is 0 Å². The number of benzene rings is 2. The summed E-state index contributed by atoms with van der Waals surface area (Å²) in [5.41, 5.74) is 0.632. The number of rotatable bonds is 6. The number of nitrogens with zero attached hydrogens (tertiary/aromatic N) is 3. The number of anilines is 1. The maximum absolute atomic E-state index is 13.1. The summed E-state index contributed by atoms with van der Waals surface area (Å²) in [6.07, 6.45) is 1.41. The molecule has 2 fully saturated rings. The fourth-order valence-electron chi connectivity index (χ4n) is 3.31. The van der Waals surface area contributed by atoms with Crippen LogP contribution in [-0.4, -0.2) is 55.2 Å². The van der Waals surface area contributed by atoms with Gasteiger partial charge in [-0.25, -0.2) is 8.42 Å². The topological polar surface area (TPSA) is 78.0 Å². The van der Waals surface area contributed by atoms with Gasteiger partial charge in [0.2, 0.25) is 21.8 Å². The summed E-state index contributed by atoms with van der Waals surface area (Å²) in [5.74, 6) is -0.645. The fourth-order valence-corrected chi connectivity index (χ4v) is 5.20. The molecule has 7 nitrogen and oxygen atoms in total. The van der Waals surface area contributed by atoms with E-state index in [0.717, 1.165) is 0 Å². The number of carbonyl (C=O) groups excluding carboxylic acids is 2. The van der Waals surface area contributed by atoms with Crippen molar-refractivity contribution in [2.24, 2.45) is 0 Å². The predicted molar refractivity (Wildman–Crippen MR) is 114 cm³/mol. The average molecular weight is 468 g/mol. The van der Waals surface area contributed by atoms with Crippen molar-refractivity contribution in [1.82, 2.24) is 9.21 Å². The number of hydrogen-bond donors (Lipinski definition) is 0.